The zero-order chi connectivity index (χ0) is 13.8. The zero-order valence-corrected chi connectivity index (χ0v) is 11.3. The van der Waals surface area contributed by atoms with Crippen LogP contribution in [-0.4, -0.2) is 30.9 Å². The van der Waals surface area contributed by atoms with E-state index in [9.17, 15) is 9.90 Å². The number of urea groups is 1. The maximum absolute atomic E-state index is 11.8. The predicted octanol–water partition coefficient (Wildman–Crippen LogP) is 1.71. The Labute approximate surface area is 113 Å². The highest BCUT2D eigenvalue weighted by molar-refractivity contribution is 5.75. The van der Waals surface area contributed by atoms with Crippen LogP contribution in [0.5, 0.6) is 5.75 Å². The molecule has 0 heterocycles. The molecule has 1 aromatic carbocycles. The van der Waals surface area contributed by atoms with E-state index in [0.29, 0.717) is 12.4 Å². The van der Waals surface area contributed by atoms with Crippen molar-refractivity contribution in [3.63, 3.8) is 0 Å². The van der Waals surface area contributed by atoms with Gasteiger partial charge in [0, 0.05) is 7.11 Å². The molecule has 3 N–H and O–H groups in total. The fraction of sp³-hybridized carbons (Fsp3) is 0.500. The molecule has 0 aromatic heterocycles. The summed E-state index contributed by atoms with van der Waals surface area (Å²) in [5.74, 6) is 0.315. The molecular weight excluding hydrogens is 244 g/mol. The van der Waals surface area contributed by atoms with Gasteiger partial charge in [-0.25, -0.2) is 4.79 Å². The average Bonchev–Trinajstić information content (AvgIpc) is 2.74. The van der Waals surface area contributed by atoms with Crippen LogP contribution in [0.2, 0.25) is 0 Å². The summed E-state index contributed by atoms with van der Waals surface area (Å²) in [7, 11) is 1.60. The molecule has 0 aliphatic heterocycles. The maximum atomic E-state index is 11.8. The number of nitrogens with one attached hydrogen (secondary N) is 2. The van der Waals surface area contributed by atoms with Gasteiger partial charge in [-0.1, -0.05) is 12.1 Å². The molecule has 2 amide bonds. The van der Waals surface area contributed by atoms with Crippen molar-refractivity contribution >= 4 is 6.03 Å². The molecule has 2 rings (SSSR count). The van der Waals surface area contributed by atoms with E-state index in [0.717, 1.165) is 24.0 Å². The van der Waals surface area contributed by atoms with Crippen LogP contribution in [-0.2, 0) is 11.2 Å². The quantitative estimate of drug-likeness (QED) is 0.775. The first-order valence-electron chi connectivity index (χ1n) is 6.48. The van der Waals surface area contributed by atoms with Crippen LogP contribution in [0.3, 0.4) is 0 Å². The van der Waals surface area contributed by atoms with Crippen molar-refractivity contribution in [1.82, 2.24) is 10.6 Å². The van der Waals surface area contributed by atoms with Crippen molar-refractivity contribution in [1.29, 1.82) is 0 Å². The van der Waals surface area contributed by atoms with Crippen molar-refractivity contribution in [2.75, 3.05) is 13.7 Å². The number of carbonyl (C=O) groups excluding carboxylic acids is 1. The van der Waals surface area contributed by atoms with Gasteiger partial charge >= 0.3 is 6.03 Å². The van der Waals surface area contributed by atoms with Crippen LogP contribution >= 0.6 is 0 Å². The number of fused-ring (bicyclic) bond motifs is 1. The van der Waals surface area contributed by atoms with Crippen LogP contribution < -0.4 is 10.6 Å². The van der Waals surface area contributed by atoms with E-state index in [1.165, 1.54) is 0 Å². The Morgan fingerprint density at radius 1 is 1.58 bits per heavy atom. The van der Waals surface area contributed by atoms with Crippen molar-refractivity contribution in [2.24, 2.45) is 0 Å². The number of benzene rings is 1. The molecule has 0 fully saturated rings. The summed E-state index contributed by atoms with van der Waals surface area (Å²) in [6.07, 6.45) is 1.61. The third-order valence-electron chi connectivity index (χ3n) is 3.35. The van der Waals surface area contributed by atoms with Gasteiger partial charge in [0.15, 0.2) is 0 Å². The lowest BCUT2D eigenvalue weighted by molar-refractivity contribution is 0.170. The number of methoxy groups -OCH3 is 1. The first-order chi connectivity index (χ1) is 9.11. The highest BCUT2D eigenvalue weighted by Gasteiger charge is 2.26. The SMILES string of the molecule is COCC(C)NC(=O)NC1CCc2c(O)cccc21. The number of rotatable bonds is 4. The molecule has 0 radical (unpaired) electrons. The van der Waals surface area contributed by atoms with Crippen LogP contribution in [0.15, 0.2) is 18.2 Å². The lowest BCUT2D eigenvalue weighted by atomic mass is 10.1. The van der Waals surface area contributed by atoms with E-state index in [1.807, 2.05) is 13.0 Å². The number of hydrogen-bond acceptors (Lipinski definition) is 3. The standard InChI is InChI=1S/C14H20N2O3/c1-9(8-19-2)15-14(18)16-12-7-6-11-10(12)4-3-5-13(11)17/h3-5,9,12,17H,6-8H2,1-2H3,(H2,15,16,18). The van der Waals surface area contributed by atoms with E-state index in [-0.39, 0.29) is 18.1 Å². The van der Waals surface area contributed by atoms with Crippen molar-refractivity contribution < 1.29 is 14.6 Å². The van der Waals surface area contributed by atoms with Crippen molar-refractivity contribution in [3.05, 3.63) is 29.3 Å². The molecule has 2 atom stereocenters. The molecule has 104 valence electrons. The van der Waals surface area contributed by atoms with Gasteiger partial charge in [0.25, 0.3) is 0 Å². The van der Waals surface area contributed by atoms with Gasteiger partial charge in [0.2, 0.25) is 0 Å². The fourth-order valence-corrected chi connectivity index (χ4v) is 2.50. The van der Waals surface area contributed by atoms with Crippen LogP contribution in [0.25, 0.3) is 0 Å². The number of carbonyl (C=O) groups is 1. The normalized spacial score (nSPS) is 18.7. The molecule has 0 saturated carbocycles. The number of phenols is 1. The first-order valence-corrected chi connectivity index (χ1v) is 6.48. The van der Waals surface area contributed by atoms with E-state index < -0.39 is 0 Å². The Kier molecular flexibility index (Phi) is 4.27. The highest BCUT2D eigenvalue weighted by atomic mass is 16.5. The van der Waals surface area contributed by atoms with Gasteiger partial charge in [0.1, 0.15) is 5.75 Å². The van der Waals surface area contributed by atoms with Gasteiger partial charge in [-0.2, -0.15) is 0 Å². The van der Waals surface area contributed by atoms with Crippen LogP contribution in [0.1, 0.15) is 30.5 Å². The topological polar surface area (TPSA) is 70.6 Å². The molecule has 2 unspecified atom stereocenters. The number of hydrogen-bond donors (Lipinski definition) is 3. The third kappa shape index (κ3) is 3.17. The van der Waals surface area contributed by atoms with Gasteiger partial charge in [0.05, 0.1) is 18.7 Å². The molecule has 1 aliphatic rings. The van der Waals surface area contributed by atoms with E-state index in [2.05, 4.69) is 10.6 Å². The molecule has 1 aliphatic carbocycles. The molecule has 19 heavy (non-hydrogen) atoms. The summed E-state index contributed by atoms with van der Waals surface area (Å²) in [6, 6.07) is 5.17. The second kappa shape index (κ2) is 5.93. The van der Waals surface area contributed by atoms with Gasteiger partial charge in [-0.05, 0) is 37.0 Å². The minimum absolute atomic E-state index is 0.0307. The molecule has 0 bridgehead atoms. The van der Waals surface area contributed by atoms with Gasteiger partial charge in [-0.3, -0.25) is 0 Å². The van der Waals surface area contributed by atoms with E-state index >= 15 is 0 Å². The third-order valence-corrected chi connectivity index (χ3v) is 3.35. The van der Waals surface area contributed by atoms with Gasteiger partial charge in [-0.15, -0.1) is 0 Å². The highest BCUT2D eigenvalue weighted by Crippen LogP contribution is 2.36. The Balaban J connectivity index is 1.96. The summed E-state index contributed by atoms with van der Waals surface area (Å²) in [6.45, 7) is 2.37. The summed E-state index contributed by atoms with van der Waals surface area (Å²) in [4.78, 5) is 11.8. The Morgan fingerprint density at radius 2 is 2.37 bits per heavy atom. The maximum Gasteiger partial charge on any atom is 0.315 e. The number of ether oxygens (including phenoxy) is 1. The molecule has 0 saturated heterocycles. The summed E-state index contributed by atoms with van der Waals surface area (Å²) in [5.41, 5.74) is 1.95. The fourth-order valence-electron chi connectivity index (χ4n) is 2.50. The summed E-state index contributed by atoms with van der Waals surface area (Å²) in [5, 5.41) is 15.5. The predicted molar refractivity (Wildman–Crippen MR) is 72.2 cm³/mol. The minimum Gasteiger partial charge on any atom is -0.508 e. The van der Waals surface area contributed by atoms with Crippen molar-refractivity contribution in [3.8, 4) is 5.75 Å². The molecule has 1 aromatic rings. The largest absolute Gasteiger partial charge is 0.508 e. The summed E-state index contributed by atoms with van der Waals surface area (Å²) >= 11 is 0. The van der Waals surface area contributed by atoms with Crippen molar-refractivity contribution in [2.45, 2.75) is 31.8 Å². The second-order valence-electron chi connectivity index (χ2n) is 4.91. The lowest BCUT2D eigenvalue weighted by Crippen LogP contribution is -2.43. The average molecular weight is 264 g/mol. The summed E-state index contributed by atoms with van der Waals surface area (Å²) < 4.78 is 4.97. The molecule has 5 heteroatoms. The number of aromatic hydroxyl groups is 1. The van der Waals surface area contributed by atoms with E-state index in [4.69, 9.17) is 4.74 Å². The Hall–Kier alpha value is -1.75. The monoisotopic (exact) mass is 264 g/mol. The Morgan fingerprint density at radius 3 is 3.11 bits per heavy atom. The lowest BCUT2D eigenvalue weighted by Gasteiger charge is -2.18. The zero-order valence-electron chi connectivity index (χ0n) is 11.3. The number of phenolic OH excluding ortho intramolecular Hbond substituents is 1. The molecule has 5 nitrogen and oxygen atoms in total. The van der Waals surface area contributed by atoms with Crippen LogP contribution in [0.4, 0.5) is 4.79 Å². The number of amides is 2. The molecular formula is C14H20N2O3. The smallest absolute Gasteiger partial charge is 0.315 e. The van der Waals surface area contributed by atoms with Crippen LogP contribution in [0, 0.1) is 0 Å². The minimum atomic E-state index is -0.203. The molecule has 0 spiro atoms. The second-order valence-corrected chi connectivity index (χ2v) is 4.91. The van der Waals surface area contributed by atoms with E-state index in [1.54, 1.807) is 19.2 Å². The first kappa shape index (κ1) is 13.7. The Bertz CT molecular complexity index is 462. The van der Waals surface area contributed by atoms with Gasteiger partial charge < -0.3 is 20.5 Å².